The lowest BCUT2D eigenvalue weighted by molar-refractivity contribution is 0.0325. The van der Waals surface area contributed by atoms with Crippen LogP contribution in [0.1, 0.15) is 21.5 Å². The maximum atomic E-state index is 11.9. The van der Waals surface area contributed by atoms with Gasteiger partial charge >= 0.3 is 0 Å². The van der Waals surface area contributed by atoms with Crippen LogP contribution in [0, 0.1) is 0 Å². The molecule has 0 aliphatic carbocycles. The van der Waals surface area contributed by atoms with E-state index in [0.29, 0.717) is 32.0 Å². The average Bonchev–Trinajstić information content (AvgIpc) is 2.74. The molecule has 0 aliphatic heterocycles. The Balaban J connectivity index is 1.84. The minimum Gasteiger partial charge on any atom is -0.491 e. The first-order valence-electron chi connectivity index (χ1n) is 9.18. The van der Waals surface area contributed by atoms with E-state index in [-0.39, 0.29) is 12.5 Å². The molecule has 0 heterocycles. The number of rotatable bonds is 12. The summed E-state index contributed by atoms with van der Waals surface area (Å²) in [4.78, 5) is 11.6. The van der Waals surface area contributed by atoms with Gasteiger partial charge in [0.2, 0.25) is 0 Å². The van der Waals surface area contributed by atoms with Crippen LogP contribution in [0.25, 0.3) is 12.2 Å². The third-order valence-electron chi connectivity index (χ3n) is 3.85. The summed E-state index contributed by atoms with van der Waals surface area (Å²) >= 11 is 0. The Labute approximate surface area is 165 Å². The van der Waals surface area contributed by atoms with Gasteiger partial charge in [-0.05, 0) is 23.8 Å². The normalized spacial score (nSPS) is 10.9. The Morgan fingerprint density at radius 3 is 2.32 bits per heavy atom. The van der Waals surface area contributed by atoms with Crippen LogP contribution >= 0.6 is 0 Å². The van der Waals surface area contributed by atoms with E-state index in [2.05, 4.69) is 5.32 Å². The molecule has 150 valence electrons. The molecule has 2 aromatic rings. The van der Waals surface area contributed by atoms with Crippen LogP contribution in [0.5, 0.6) is 5.75 Å². The number of alkyl halides is 1. The molecule has 0 radical (unpaired) electrons. The molecule has 0 fully saturated rings. The molecule has 0 aromatic heterocycles. The summed E-state index contributed by atoms with van der Waals surface area (Å²) in [5, 5.41) is 2.60. The van der Waals surface area contributed by atoms with Crippen LogP contribution in [-0.4, -0.2) is 52.7 Å². The van der Waals surface area contributed by atoms with Crippen molar-refractivity contribution in [2.24, 2.45) is 0 Å². The zero-order valence-corrected chi connectivity index (χ0v) is 16.0. The zero-order valence-electron chi connectivity index (χ0n) is 16.0. The number of halogens is 1. The van der Waals surface area contributed by atoms with Crippen molar-refractivity contribution in [2.45, 2.75) is 0 Å². The predicted octanol–water partition coefficient (Wildman–Crippen LogP) is 3.60. The van der Waals surface area contributed by atoms with Crippen molar-refractivity contribution in [1.82, 2.24) is 5.32 Å². The summed E-state index contributed by atoms with van der Waals surface area (Å²) in [5.74, 6) is 0.656. The Kier molecular flexibility index (Phi) is 9.75. The number of benzene rings is 2. The summed E-state index contributed by atoms with van der Waals surface area (Å²) in [6, 6.07) is 15.1. The lowest BCUT2D eigenvalue weighted by Crippen LogP contribution is -2.17. The van der Waals surface area contributed by atoms with Crippen molar-refractivity contribution >= 4 is 18.1 Å². The SMILES string of the molecule is CNC(=O)c1ccc(C=Cc2ccccc2OCCOCCOCCF)cc1. The molecule has 2 rings (SSSR count). The van der Waals surface area contributed by atoms with Crippen molar-refractivity contribution < 1.29 is 23.4 Å². The van der Waals surface area contributed by atoms with Crippen molar-refractivity contribution in [3.8, 4) is 5.75 Å². The highest BCUT2D eigenvalue weighted by molar-refractivity contribution is 5.94. The minimum absolute atomic E-state index is 0.105. The second-order valence-corrected chi connectivity index (χ2v) is 5.83. The molecular formula is C22H26FNO4. The van der Waals surface area contributed by atoms with Crippen LogP contribution in [0.15, 0.2) is 48.5 Å². The smallest absolute Gasteiger partial charge is 0.251 e. The Bertz CT molecular complexity index is 746. The zero-order chi connectivity index (χ0) is 20.0. The number of nitrogens with one attached hydrogen (secondary N) is 1. The van der Waals surface area contributed by atoms with Gasteiger partial charge in [-0.25, -0.2) is 4.39 Å². The van der Waals surface area contributed by atoms with E-state index >= 15 is 0 Å². The fourth-order valence-electron chi connectivity index (χ4n) is 2.41. The molecule has 0 unspecified atom stereocenters. The van der Waals surface area contributed by atoms with Crippen LogP contribution in [0.3, 0.4) is 0 Å². The number of amides is 1. The lowest BCUT2D eigenvalue weighted by Gasteiger charge is -2.10. The third kappa shape index (κ3) is 7.50. The first-order chi connectivity index (χ1) is 13.7. The van der Waals surface area contributed by atoms with Crippen LogP contribution < -0.4 is 10.1 Å². The van der Waals surface area contributed by atoms with Crippen LogP contribution in [0.2, 0.25) is 0 Å². The summed E-state index contributed by atoms with van der Waals surface area (Å²) in [7, 11) is 1.61. The molecule has 1 N–H and O–H groups in total. The Morgan fingerprint density at radius 1 is 0.929 bits per heavy atom. The van der Waals surface area contributed by atoms with E-state index in [4.69, 9.17) is 14.2 Å². The molecule has 6 heteroatoms. The molecule has 1 amide bonds. The monoisotopic (exact) mass is 387 g/mol. The third-order valence-corrected chi connectivity index (χ3v) is 3.85. The van der Waals surface area contributed by atoms with Crippen LogP contribution in [-0.2, 0) is 9.47 Å². The summed E-state index contributed by atoms with van der Waals surface area (Å²) in [5.41, 5.74) is 2.56. The maximum absolute atomic E-state index is 11.9. The molecular weight excluding hydrogens is 361 g/mol. The van der Waals surface area contributed by atoms with Crippen LogP contribution in [0.4, 0.5) is 4.39 Å². The highest BCUT2D eigenvalue weighted by Crippen LogP contribution is 2.21. The van der Waals surface area contributed by atoms with Gasteiger partial charge in [0.1, 0.15) is 19.0 Å². The highest BCUT2D eigenvalue weighted by Gasteiger charge is 2.02. The van der Waals surface area contributed by atoms with Gasteiger partial charge < -0.3 is 19.5 Å². The van der Waals surface area contributed by atoms with Gasteiger partial charge in [0.25, 0.3) is 5.91 Å². The lowest BCUT2D eigenvalue weighted by atomic mass is 10.1. The second kappa shape index (κ2) is 12.6. The molecule has 0 saturated heterocycles. The van der Waals surface area contributed by atoms with Crippen molar-refractivity contribution in [1.29, 1.82) is 0 Å². The fourth-order valence-corrected chi connectivity index (χ4v) is 2.41. The number of carbonyl (C=O) groups excluding carboxylic acids is 1. The van der Waals surface area contributed by atoms with Gasteiger partial charge in [0, 0.05) is 18.2 Å². The maximum Gasteiger partial charge on any atom is 0.251 e. The number of carbonyl (C=O) groups is 1. The highest BCUT2D eigenvalue weighted by atomic mass is 19.1. The first kappa shape index (κ1) is 21.6. The van der Waals surface area contributed by atoms with Gasteiger partial charge in [-0.15, -0.1) is 0 Å². The molecule has 0 aliphatic rings. The minimum atomic E-state index is -0.481. The van der Waals surface area contributed by atoms with E-state index in [1.54, 1.807) is 19.2 Å². The fraction of sp³-hybridized carbons (Fsp3) is 0.318. The van der Waals surface area contributed by atoms with Crippen molar-refractivity contribution in [2.75, 3.05) is 46.8 Å². The predicted molar refractivity (Wildman–Crippen MR) is 108 cm³/mol. The molecule has 0 atom stereocenters. The molecule has 2 aromatic carbocycles. The standard InChI is InChI=1S/C22H26FNO4/c1-24-22(25)20-10-7-18(8-11-20)6-9-19-4-2-3-5-21(19)28-17-16-27-15-14-26-13-12-23/h2-11H,12-17H2,1H3,(H,24,25). The first-order valence-corrected chi connectivity index (χ1v) is 9.18. The topological polar surface area (TPSA) is 56.8 Å². The molecule has 5 nitrogen and oxygen atoms in total. The molecule has 0 bridgehead atoms. The Morgan fingerprint density at radius 2 is 1.61 bits per heavy atom. The van der Waals surface area contributed by atoms with Crippen molar-refractivity contribution in [3.63, 3.8) is 0 Å². The summed E-state index contributed by atoms with van der Waals surface area (Å²) in [6.45, 7) is 1.26. The number of ether oxygens (including phenoxy) is 3. The number of para-hydroxylation sites is 1. The average molecular weight is 387 g/mol. The van der Waals surface area contributed by atoms with Gasteiger partial charge in [-0.2, -0.15) is 0 Å². The van der Waals surface area contributed by atoms with E-state index in [1.165, 1.54) is 0 Å². The van der Waals surface area contributed by atoms with Gasteiger partial charge in [-0.1, -0.05) is 42.5 Å². The van der Waals surface area contributed by atoms with Gasteiger partial charge in [0.15, 0.2) is 0 Å². The number of hydrogen-bond donors (Lipinski definition) is 1. The summed E-state index contributed by atoms with van der Waals surface area (Å²) in [6.07, 6.45) is 3.93. The van der Waals surface area contributed by atoms with E-state index in [1.807, 2.05) is 48.6 Å². The molecule has 0 saturated carbocycles. The summed E-state index contributed by atoms with van der Waals surface area (Å²) < 4.78 is 28.0. The van der Waals surface area contributed by atoms with E-state index in [0.717, 1.165) is 16.9 Å². The van der Waals surface area contributed by atoms with E-state index in [9.17, 15) is 9.18 Å². The molecule has 0 spiro atoms. The largest absolute Gasteiger partial charge is 0.491 e. The molecule has 28 heavy (non-hydrogen) atoms. The van der Waals surface area contributed by atoms with E-state index < -0.39 is 6.67 Å². The van der Waals surface area contributed by atoms with Crippen molar-refractivity contribution in [3.05, 3.63) is 65.2 Å². The quantitative estimate of drug-likeness (QED) is 0.447. The Hall–Kier alpha value is -2.70. The number of hydrogen-bond acceptors (Lipinski definition) is 4. The van der Waals surface area contributed by atoms with Gasteiger partial charge in [0.05, 0.1) is 26.4 Å². The van der Waals surface area contributed by atoms with Gasteiger partial charge in [-0.3, -0.25) is 4.79 Å². The second-order valence-electron chi connectivity index (χ2n) is 5.83.